The molecule has 5 heteroatoms. The van der Waals surface area contributed by atoms with Gasteiger partial charge in [-0.3, -0.25) is 9.69 Å². The van der Waals surface area contributed by atoms with Crippen LogP contribution in [-0.4, -0.2) is 43.5 Å². The lowest BCUT2D eigenvalue weighted by atomic mass is 10.1. The number of benzene rings is 1. The zero-order valence-electron chi connectivity index (χ0n) is 10.4. The second-order valence-electron chi connectivity index (χ2n) is 4.57. The van der Waals surface area contributed by atoms with Crippen LogP contribution in [0.2, 0.25) is 5.02 Å². The summed E-state index contributed by atoms with van der Waals surface area (Å²) in [5, 5.41) is 0.479. The largest absolute Gasteiger partial charge is 0.486 e. The summed E-state index contributed by atoms with van der Waals surface area (Å²) in [6.45, 7) is 2.16. The molecule has 0 spiro atoms. The number of carbonyl (C=O) groups is 1. The van der Waals surface area contributed by atoms with Gasteiger partial charge in [0.2, 0.25) is 0 Å². The van der Waals surface area contributed by atoms with Crippen molar-refractivity contribution in [3.05, 3.63) is 28.8 Å². The summed E-state index contributed by atoms with van der Waals surface area (Å²) in [6.07, 6.45) is 0.530. The zero-order chi connectivity index (χ0) is 13.1. The van der Waals surface area contributed by atoms with Gasteiger partial charge in [0.25, 0.3) is 0 Å². The van der Waals surface area contributed by atoms with Crippen LogP contribution >= 0.6 is 11.6 Å². The summed E-state index contributed by atoms with van der Waals surface area (Å²) in [5.74, 6) is 0.647. The number of hydrogen-bond acceptors (Lipinski definition) is 4. The summed E-state index contributed by atoms with van der Waals surface area (Å²) in [6, 6.07) is 5.14. The Morgan fingerprint density at radius 2 is 2.28 bits per heavy atom. The molecule has 1 aliphatic rings. The van der Waals surface area contributed by atoms with Gasteiger partial charge < -0.3 is 10.5 Å². The number of rotatable bonds is 5. The molecule has 0 bridgehead atoms. The van der Waals surface area contributed by atoms with E-state index >= 15 is 0 Å². The molecule has 4 nitrogen and oxygen atoms in total. The van der Waals surface area contributed by atoms with Gasteiger partial charge in [0.05, 0.1) is 5.02 Å². The van der Waals surface area contributed by atoms with Crippen molar-refractivity contribution < 1.29 is 9.53 Å². The molecule has 2 N–H and O–H groups in total. The molecular weight excluding hydrogens is 252 g/mol. The smallest absolute Gasteiger partial charge is 0.164 e. The number of likely N-dealkylation sites (tertiary alicyclic amines) is 1. The average molecular weight is 269 g/mol. The molecule has 0 radical (unpaired) electrons. The van der Waals surface area contributed by atoms with Gasteiger partial charge in [-0.05, 0) is 31.8 Å². The van der Waals surface area contributed by atoms with E-state index in [1.807, 2.05) is 7.05 Å². The van der Waals surface area contributed by atoms with Gasteiger partial charge >= 0.3 is 0 Å². The molecule has 1 aromatic carbocycles. The summed E-state index contributed by atoms with van der Waals surface area (Å²) < 4.78 is 5.74. The van der Waals surface area contributed by atoms with Crippen molar-refractivity contribution in [1.82, 2.24) is 4.90 Å². The number of carbonyl (C=O) groups excluding carboxylic acids is 1. The normalized spacial score (nSPS) is 16.4. The summed E-state index contributed by atoms with van der Waals surface area (Å²) >= 11 is 6.11. The van der Waals surface area contributed by atoms with Crippen LogP contribution < -0.4 is 10.5 Å². The van der Waals surface area contributed by atoms with Gasteiger partial charge in [-0.15, -0.1) is 0 Å². The highest BCUT2D eigenvalue weighted by atomic mass is 35.5. The molecule has 0 saturated carbocycles. The molecule has 0 amide bonds. The number of nitrogens with zero attached hydrogens (tertiary/aromatic N) is 1. The third-order valence-electron chi connectivity index (χ3n) is 2.95. The highest BCUT2D eigenvalue weighted by molar-refractivity contribution is 6.32. The summed E-state index contributed by atoms with van der Waals surface area (Å²) in [4.78, 5) is 13.8. The first-order valence-electron chi connectivity index (χ1n) is 5.98. The van der Waals surface area contributed by atoms with Crippen molar-refractivity contribution in [3.8, 4) is 5.75 Å². The topological polar surface area (TPSA) is 55.6 Å². The summed E-state index contributed by atoms with van der Waals surface area (Å²) in [7, 11) is 2.04. The minimum absolute atomic E-state index is 0.00864. The molecule has 1 aromatic rings. The Kier molecular flexibility index (Phi) is 4.22. The van der Waals surface area contributed by atoms with E-state index in [0.29, 0.717) is 29.3 Å². The van der Waals surface area contributed by atoms with E-state index in [2.05, 4.69) is 4.90 Å². The Bertz CT molecular complexity index is 445. The fraction of sp³-hybridized carbons (Fsp3) is 0.462. The van der Waals surface area contributed by atoms with Gasteiger partial charge in [-0.25, -0.2) is 0 Å². The van der Waals surface area contributed by atoms with E-state index in [1.165, 1.54) is 0 Å². The lowest BCUT2D eigenvalue weighted by Crippen LogP contribution is -2.51. The monoisotopic (exact) mass is 268 g/mol. The molecule has 1 fully saturated rings. The van der Waals surface area contributed by atoms with E-state index in [0.717, 1.165) is 13.1 Å². The van der Waals surface area contributed by atoms with Crippen molar-refractivity contribution in [1.29, 1.82) is 0 Å². The van der Waals surface area contributed by atoms with Gasteiger partial charge in [-0.1, -0.05) is 11.6 Å². The van der Waals surface area contributed by atoms with E-state index < -0.39 is 0 Å². The van der Waals surface area contributed by atoms with Crippen molar-refractivity contribution in [2.45, 2.75) is 12.5 Å². The lowest BCUT2D eigenvalue weighted by Gasteiger charge is -2.36. The van der Waals surface area contributed by atoms with Crippen molar-refractivity contribution in [2.75, 3.05) is 26.7 Å². The van der Waals surface area contributed by atoms with E-state index in [4.69, 9.17) is 22.1 Å². The molecule has 1 heterocycles. The van der Waals surface area contributed by atoms with Crippen LogP contribution in [0.15, 0.2) is 18.2 Å². The van der Waals surface area contributed by atoms with Crippen LogP contribution in [0.3, 0.4) is 0 Å². The van der Waals surface area contributed by atoms with Gasteiger partial charge in [0.1, 0.15) is 11.9 Å². The fourth-order valence-corrected chi connectivity index (χ4v) is 2.17. The van der Waals surface area contributed by atoms with Crippen LogP contribution in [0.1, 0.15) is 16.8 Å². The lowest BCUT2D eigenvalue weighted by molar-refractivity contribution is 0.0389. The highest BCUT2D eigenvalue weighted by Gasteiger charge is 2.25. The predicted molar refractivity (Wildman–Crippen MR) is 71.4 cm³/mol. The quantitative estimate of drug-likeness (QED) is 0.824. The maximum atomic E-state index is 11.7. The minimum Gasteiger partial charge on any atom is -0.486 e. The number of hydrogen-bond donors (Lipinski definition) is 1. The average Bonchev–Trinajstić information content (AvgIpc) is 2.29. The van der Waals surface area contributed by atoms with Crippen LogP contribution in [-0.2, 0) is 0 Å². The number of nitrogens with two attached hydrogens (primary N) is 1. The van der Waals surface area contributed by atoms with Gasteiger partial charge in [0, 0.05) is 25.1 Å². The maximum Gasteiger partial charge on any atom is 0.164 e. The number of ketones is 1. The minimum atomic E-state index is 0.00864. The molecule has 18 heavy (non-hydrogen) atoms. The maximum absolute atomic E-state index is 11.7. The second-order valence-corrected chi connectivity index (χ2v) is 4.98. The van der Waals surface area contributed by atoms with Crippen LogP contribution in [0.5, 0.6) is 5.75 Å². The Morgan fingerprint density at radius 3 is 2.83 bits per heavy atom. The zero-order valence-corrected chi connectivity index (χ0v) is 11.1. The van der Waals surface area contributed by atoms with E-state index in [9.17, 15) is 4.79 Å². The van der Waals surface area contributed by atoms with Crippen LogP contribution in [0.25, 0.3) is 0 Å². The number of halogens is 1. The first-order chi connectivity index (χ1) is 8.60. The third kappa shape index (κ3) is 3.02. The molecule has 2 rings (SSSR count). The Morgan fingerprint density at radius 1 is 1.56 bits per heavy atom. The number of likely N-dealkylation sites (N-methyl/N-ethyl adjacent to an activating group) is 1. The molecule has 1 saturated heterocycles. The SMILES string of the molecule is CN1CC(Oc2ccc(C(=O)CCN)cc2Cl)C1. The molecule has 0 aromatic heterocycles. The van der Waals surface area contributed by atoms with Crippen molar-refractivity contribution in [2.24, 2.45) is 5.73 Å². The molecule has 0 aliphatic carbocycles. The molecular formula is C13H17ClN2O2. The first-order valence-corrected chi connectivity index (χ1v) is 6.36. The standard InChI is InChI=1S/C13H17ClN2O2/c1-16-7-10(8-16)18-13-3-2-9(6-11(13)14)12(17)4-5-15/h2-3,6,10H,4-5,7-8,15H2,1H3. The van der Waals surface area contributed by atoms with Gasteiger partial charge in [0.15, 0.2) is 5.78 Å². The highest BCUT2D eigenvalue weighted by Crippen LogP contribution is 2.28. The molecule has 1 aliphatic heterocycles. The van der Waals surface area contributed by atoms with Gasteiger partial charge in [-0.2, -0.15) is 0 Å². The van der Waals surface area contributed by atoms with E-state index in [1.54, 1.807) is 18.2 Å². The van der Waals surface area contributed by atoms with E-state index in [-0.39, 0.29) is 11.9 Å². The number of Topliss-reactive ketones (excluding diaryl/α,β-unsaturated/α-hetero) is 1. The molecule has 98 valence electrons. The second kappa shape index (κ2) is 5.69. The molecule has 0 atom stereocenters. The first kappa shape index (κ1) is 13.3. The third-order valence-corrected chi connectivity index (χ3v) is 3.24. The van der Waals surface area contributed by atoms with Crippen LogP contribution in [0.4, 0.5) is 0 Å². The number of ether oxygens (including phenoxy) is 1. The van der Waals surface area contributed by atoms with Crippen molar-refractivity contribution >= 4 is 17.4 Å². The Hall–Kier alpha value is -1.10. The Labute approximate surface area is 112 Å². The predicted octanol–water partition coefficient (Wildman–Crippen LogP) is 1.56. The van der Waals surface area contributed by atoms with Crippen LogP contribution in [0, 0.1) is 0 Å². The Balaban J connectivity index is 2.03. The van der Waals surface area contributed by atoms with Crippen molar-refractivity contribution in [3.63, 3.8) is 0 Å². The fourth-order valence-electron chi connectivity index (χ4n) is 1.94. The molecule has 0 unspecified atom stereocenters. The summed E-state index contributed by atoms with van der Waals surface area (Å²) in [5.41, 5.74) is 5.94.